The molecule has 174 valence electrons. The zero-order valence-electron chi connectivity index (χ0n) is 18.8. The van der Waals surface area contributed by atoms with Gasteiger partial charge in [-0.25, -0.2) is 9.78 Å². The van der Waals surface area contributed by atoms with Crippen LogP contribution in [0.25, 0.3) is 22.2 Å². The zero-order chi connectivity index (χ0) is 24.2. The molecular weight excluding hydrogens is 454 g/mol. The molecule has 1 heterocycles. The number of aromatic nitrogens is 2. The Morgan fingerprint density at radius 2 is 1.88 bits per heavy atom. The lowest BCUT2D eigenvalue weighted by Gasteiger charge is -2.12. The second-order valence-corrected chi connectivity index (χ2v) is 8.21. The van der Waals surface area contributed by atoms with Crippen molar-refractivity contribution >= 4 is 40.3 Å². The van der Waals surface area contributed by atoms with Crippen molar-refractivity contribution in [3.8, 4) is 11.1 Å². The molecule has 7 nitrogen and oxygen atoms in total. The topological polar surface area (TPSA) is 93.5 Å². The number of nitrogens with zero attached hydrogens (tertiary/aromatic N) is 2. The van der Waals surface area contributed by atoms with Gasteiger partial charge in [0.2, 0.25) is 0 Å². The van der Waals surface area contributed by atoms with Gasteiger partial charge in [-0.2, -0.15) is 0 Å². The van der Waals surface area contributed by atoms with Crippen LogP contribution in [0.15, 0.2) is 60.7 Å². The lowest BCUT2D eigenvalue weighted by atomic mass is 10.0. The number of imidazole rings is 1. The monoisotopic (exact) mass is 477 g/mol. The van der Waals surface area contributed by atoms with Crippen LogP contribution in [0.3, 0.4) is 0 Å². The van der Waals surface area contributed by atoms with Crippen LogP contribution >= 0.6 is 11.6 Å². The molecule has 0 atom stereocenters. The first-order valence-electron chi connectivity index (χ1n) is 10.8. The van der Waals surface area contributed by atoms with E-state index < -0.39 is 5.97 Å². The van der Waals surface area contributed by atoms with Gasteiger partial charge >= 0.3 is 11.9 Å². The minimum atomic E-state index is -0.960. The van der Waals surface area contributed by atoms with Gasteiger partial charge in [-0.3, -0.25) is 4.79 Å². The highest BCUT2D eigenvalue weighted by Gasteiger charge is 2.13. The van der Waals surface area contributed by atoms with Crippen molar-refractivity contribution in [3.05, 3.63) is 82.6 Å². The maximum absolute atomic E-state index is 11.6. The van der Waals surface area contributed by atoms with Crippen LogP contribution in [0.4, 0.5) is 5.69 Å². The van der Waals surface area contributed by atoms with E-state index in [0.717, 1.165) is 39.2 Å². The number of aromatic carboxylic acids is 1. The third kappa shape index (κ3) is 5.05. The molecule has 0 unspecified atom stereocenters. The van der Waals surface area contributed by atoms with E-state index in [2.05, 4.69) is 14.9 Å². The molecule has 0 aliphatic carbocycles. The molecule has 1 aromatic heterocycles. The first kappa shape index (κ1) is 23.3. The van der Waals surface area contributed by atoms with Crippen LogP contribution < -0.4 is 5.32 Å². The third-order valence-electron chi connectivity index (χ3n) is 5.51. The molecule has 2 N–H and O–H groups in total. The summed E-state index contributed by atoms with van der Waals surface area (Å²) in [6, 6.07) is 18.3. The highest BCUT2D eigenvalue weighted by molar-refractivity contribution is 6.31. The van der Waals surface area contributed by atoms with Gasteiger partial charge in [0.15, 0.2) is 0 Å². The van der Waals surface area contributed by atoms with E-state index in [9.17, 15) is 14.7 Å². The van der Waals surface area contributed by atoms with Crippen molar-refractivity contribution in [1.29, 1.82) is 0 Å². The minimum Gasteiger partial charge on any atom is -0.478 e. The van der Waals surface area contributed by atoms with Crippen LogP contribution in [0, 0.1) is 6.92 Å². The number of anilines is 1. The van der Waals surface area contributed by atoms with E-state index >= 15 is 0 Å². The predicted octanol–water partition coefficient (Wildman–Crippen LogP) is 5.39. The fraction of sp³-hybridized carbons (Fsp3) is 0.192. The molecular formula is C26H24ClN3O4. The summed E-state index contributed by atoms with van der Waals surface area (Å²) in [4.78, 5) is 27.6. The Morgan fingerprint density at radius 3 is 2.62 bits per heavy atom. The third-order valence-corrected chi connectivity index (χ3v) is 5.86. The molecule has 0 amide bonds. The number of halogens is 1. The summed E-state index contributed by atoms with van der Waals surface area (Å²) in [5.74, 6) is -0.446. The Bertz CT molecular complexity index is 1380. The lowest BCUT2D eigenvalue weighted by Crippen LogP contribution is -2.16. The summed E-state index contributed by atoms with van der Waals surface area (Å²) in [6.07, 6.45) is 0. The van der Waals surface area contributed by atoms with E-state index in [4.69, 9.17) is 16.3 Å². The normalized spacial score (nSPS) is 10.9. The number of carbonyl (C=O) groups excluding carboxylic acids is 1. The van der Waals surface area contributed by atoms with Crippen molar-refractivity contribution in [1.82, 2.24) is 9.55 Å². The number of esters is 1. The first-order chi connectivity index (χ1) is 16.4. The summed E-state index contributed by atoms with van der Waals surface area (Å²) in [5, 5.41) is 12.9. The summed E-state index contributed by atoms with van der Waals surface area (Å²) in [5.41, 5.74) is 5.38. The molecule has 4 aromatic rings. The number of ether oxygens (including phenoxy) is 1. The zero-order valence-corrected chi connectivity index (χ0v) is 19.6. The molecule has 34 heavy (non-hydrogen) atoms. The smallest absolute Gasteiger partial charge is 0.335 e. The number of fused-ring (bicyclic) bond motifs is 1. The Labute approximate surface area is 202 Å². The number of carboxylic acid groups (broad SMARTS) is 1. The van der Waals surface area contributed by atoms with E-state index in [0.29, 0.717) is 18.2 Å². The first-order valence-corrected chi connectivity index (χ1v) is 11.2. The number of rotatable bonds is 8. The van der Waals surface area contributed by atoms with Crippen LogP contribution in [0.2, 0.25) is 5.02 Å². The van der Waals surface area contributed by atoms with Gasteiger partial charge in [0.25, 0.3) is 0 Å². The quantitative estimate of drug-likeness (QED) is 0.331. The number of aryl methyl sites for hydroxylation is 1. The predicted molar refractivity (Wildman–Crippen MR) is 133 cm³/mol. The lowest BCUT2D eigenvalue weighted by molar-refractivity contribution is -0.140. The van der Waals surface area contributed by atoms with Gasteiger partial charge in [-0.1, -0.05) is 35.9 Å². The Kier molecular flexibility index (Phi) is 6.84. The number of benzene rings is 3. The fourth-order valence-electron chi connectivity index (χ4n) is 3.80. The molecule has 0 bridgehead atoms. The SMILES string of the molecule is CCOC(=O)CNc1ccc(Cn2c(C)nc3ccc(-c4cccc(C(=O)O)c4)cc32)c(Cl)c1. The number of carboxylic acids is 1. The van der Waals surface area contributed by atoms with Gasteiger partial charge in [0, 0.05) is 10.7 Å². The van der Waals surface area contributed by atoms with Crippen molar-refractivity contribution in [2.45, 2.75) is 20.4 Å². The maximum atomic E-state index is 11.6. The Morgan fingerprint density at radius 1 is 1.09 bits per heavy atom. The molecule has 0 spiro atoms. The van der Waals surface area contributed by atoms with Gasteiger partial charge in [-0.15, -0.1) is 0 Å². The minimum absolute atomic E-state index is 0.0701. The highest BCUT2D eigenvalue weighted by Crippen LogP contribution is 2.28. The van der Waals surface area contributed by atoms with Gasteiger partial charge in [-0.05, 0) is 66.9 Å². The molecule has 0 saturated heterocycles. The molecule has 8 heteroatoms. The molecule has 0 aliphatic heterocycles. The summed E-state index contributed by atoms with van der Waals surface area (Å²) in [7, 11) is 0. The molecule has 0 radical (unpaired) electrons. The van der Waals surface area contributed by atoms with E-state index in [1.54, 1.807) is 31.2 Å². The van der Waals surface area contributed by atoms with Crippen molar-refractivity contribution in [2.75, 3.05) is 18.5 Å². The van der Waals surface area contributed by atoms with Crippen LogP contribution in [-0.2, 0) is 16.1 Å². The summed E-state index contributed by atoms with van der Waals surface area (Å²) >= 11 is 6.56. The van der Waals surface area contributed by atoms with Crippen LogP contribution in [-0.4, -0.2) is 39.7 Å². The van der Waals surface area contributed by atoms with Gasteiger partial charge < -0.3 is 19.7 Å². The average molecular weight is 478 g/mol. The standard InChI is InChI=1S/C26H24ClN3O4/c1-3-34-25(31)14-28-21-9-7-20(22(27)13-21)15-30-16(2)29-23-10-8-18(12-24(23)30)17-5-4-6-19(11-17)26(32)33/h4-13,28H,3,14-15H2,1-2H3,(H,32,33). The van der Waals surface area contributed by atoms with E-state index in [1.165, 1.54) is 0 Å². The van der Waals surface area contributed by atoms with Gasteiger partial charge in [0.1, 0.15) is 12.4 Å². The van der Waals surface area contributed by atoms with E-state index in [1.807, 2.05) is 43.3 Å². The summed E-state index contributed by atoms with van der Waals surface area (Å²) < 4.78 is 7.00. The van der Waals surface area contributed by atoms with E-state index in [-0.39, 0.29) is 18.1 Å². The Hall–Kier alpha value is -3.84. The number of carbonyl (C=O) groups is 2. The average Bonchev–Trinajstić information content (AvgIpc) is 3.13. The molecule has 0 fully saturated rings. The fourth-order valence-corrected chi connectivity index (χ4v) is 4.04. The molecule has 3 aromatic carbocycles. The number of hydrogen-bond donors (Lipinski definition) is 2. The molecule has 0 saturated carbocycles. The van der Waals surface area contributed by atoms with Crippen molar-refractivity contribution < 1.29 is 19.4 Å². The molecule has 0 aliphatic rings. The van der Waals surface area contributed by atoms with Crippen molar-refractivity contribution in [3.63, 3.8) is 0 Å². The van der Waals surface area contributed by atoms with Crippen LogP contribution in [0.5, 0.6) is 0 Å². The van der Waals surface area contributed by atoms with Gasteiger partial charge in [0.05, 0.1) is 29.7 Å². The number of hydrogen-bond acceptors (Lipinski definition) is 5. The maximum Gasteiger partial charge on any atom is 0.335 e. The second kappa shape index (κ2) is 9.97. The number of nitrogens with one attached hydrogen (secondary N) is 1. The molecule has 4 rings (SSSR count). The Balaban J connectivity index is 1.61. The second-order valence-electron chi connectivity index (χ2n) is 7.80. The largest absolute Gasteiger partial charge is 0.478 e. The summed E-state index contributed by atoms with van der Waals surface area (Å²) in [6.45, 7) is 4.62. The van der Waals surface area contributed by atoms with Crippen molar-refractivity contribution in [2.24, 2.45) is 0 Å². The van der Waals surface area contributed by atoms with Crippen LogP contribution in [0.1, 0.15) is 28.7 Å². The highest BCUT2D eigenvalue weighted by atomic mass is 35.5.